The highest BCUT2D eigenvalue weighted by atomic mass is 16.5. The largest absolute Gasteiger partial charge is 0.398 e. The Morgan fingerprint density at radius 2 is 2.10 bits per heavy atom. The number of nitrogen functional groups attached to an aromatic ring is 1. The van der Waals surface area contributed by atoms with Crippen LogP contribution in [0.3, 0.4) is 0 Å². The van der Waals surface area contributed by atoms with Crippen LogP contribution < -0.4 is 5.73 Å². The Morgan fingerprint density at radius 1 is 1.29 bits per heavy atom. The first-order valence-electron chi connectivity index (χ1n) is 7.29. The Morgan fingerprint density at radius 3 is 2.86 bits per heavy atom. The van der Waals surface area contributed by atoms with Crippen LogP contribution in [-0.4, -0.2) is 33.4 Å². The van der Waals surface area contributed by atoms with Gasteiger partial charge >= 0.3 is 0 Å². The molecule has 0 saturated heterocycles. The molecular weight excluding hydrogens is 266 g/mol. The average molecular weight is 289 g/mol. The van der Waals surface area contributed by atoms with Crippen LogP contribution in [0.5, 0.6) is 0 Å². The van der Waals surface area contributed by atoms with Gasteiger partial charge in [0.25, 0.3) is 0 Å². The van der Waals surface area contributed by atoms with Gasteiger partial charge in [-0.1, -0.05) is 26.0 Å². The number of tetrazole rings is 1. The van der Waals surface area contributed by atoms with Crippen molar-refractivity contribution in [3.8, 4) is 11.4 Å². The highest BCUT2D eigenvalue weighted by Gasteiger charge is 2.12. The molecule has 0 aliphatic carbocycles. The first kappa shape index (κ1) is 15.4. The lowest BCUT2D eigenvalue weighted by Crippen LogP contribution is -2.11. The summed E-state index contributed by atoms with van der Waals surface area (Å²) in [6.07, 6.45) is 1.07. The van der Waals surface area contributed by atoms with Crippen molar-refractivity contribution in [3.63, 3.8) is 0 Å². The van der Waals surface area contributed by atoms with E-state index in [-0.39, 0.29) is 0 Å². The molecule has 2 N–H and O–H groups in total. The van der Waals surface area contributed by atoms with E-state index in [2.05, 4.69) is 29.4 Å². The van der Waals surface area contributed by atoms with Crippen molar-refractivity contribution < 1.29 is 4.74 Å². The van der Waals surface area contributed by atoms with Crippen molar-refractivity contribution in [2.75, 3.05) is 18.9 Å². The van der Waals surface area contributed by atoms with E-state index in [4.69, 9.17) is 10.5 Å². The fourth-order valence-corrected chi connectivity index (χ4v) is 2.02. The van der Waals surface area contributed by atoms with Gasteiger partial charge in [0, 0.05) is 17.9 Å². The SMILES string of the molecule is Cc1c(N)cccc1-c1nnnn1CCOCCC(C)C. The smallest absolute Gasteiger partial charge is 0.182 e. The van der Waals surface area contributed by atoms with Gasteiger partial charge in [-0.15, -0.1) is 5.10 Å². The van der Waals surface area contributed by atoms with Crippen molar-refractivity contribution in [1.82, 2.24) is 20.2 Å². The number of nitrogens with two attached hydrogens (primary N) is 1. The normalized spacial score (nSPS) is 11.2. The molecule has 0 fully saturated rings. The van der Waals surface area contributed by atoms with Gasteiger partial charge in [0.05, 0.1) is 13.2 Å². The van der Waals surface area contributed by atoms with Crippen LogP contribution in [0.4, 0.5) is 5.69 Å². The predicted octanol–water partition coefficient (Wildman–Crippen LogP) is 2.29. The summed E-state index contributed by atoms with van der Waals surface area (Å²) in [6, 6.07) is 5.77. The molecule has 0 aliphatic rings. The maximum Gasteiger partial charge on any atom is 0.182 e. The third-order valence-corrected chi connectivity index (χ3v) is 3.44. The first-order valence-corrected chi connectivity index (χ1v) is 7.29. The van der Waals surface area contributed by atoms with Gasteiger partial charge in [0.1, 0.15) is 0 Å². The Kier molecular flexibility index (Phi) is 5.27. The molecule has 1 heterocycles. The summed E-state index contributed by atoms with van der Waals surface area (Å²) in [5, 5.41) is 11.9. The number of benzene rings is 1. The zero-order chi connectivity index (χ0) is 15.2. The van der Waals surface area contributed by atoms with Gasteiger partial charge in [-0.25, -0.2) is 4.68 Å². The van der Waals surface area contributed by atoms with Crippen LogP contribution in [-0.2, 0) is 11.3 Å². The third kappa shape index (κ3) is 4.01. The molecule has 2 aromatic rings. The molecule has 1 aromatic heterocycles. The lowest BCUT2D eigenvalue weighted by atomic mass is 10.1. The van der Waals surface area contributed by atoms with E-state index in [1.165, 1.54) is 0 Å². The first-order chi connectivity index (χ1) is 10.1. The fourth-order valence-electron chi connectivity index (χ4n) is 2.02. The number of rotatable bonds is 7. The average Bonchev–Trinajstić information content (AvgIpc) is 2.89. The van der Waals surface area contributed by atoms with Gasteiger partial charge in [-0.3, -0.25) is 0 Å². The number of nitrogens with zero attached hydrogens (tertiary/aromatic N) is 4. The predicted molar refractivity (Wildman–Crippen MR) is 82.7 cm³/mol. The molecule has 0 unspecified atom stereocenters. The van der Waals surface area contributed by atoms with E-state index >= 15 is 0 Å². The minimum absolute atomic E-state index is 0.603. The van der Waals surface area contributed by atoms with Crippen LogP contribution in [0.1, 0.15) is 25.8 Å². The Hall–Kier alpha value is -1.95. The Bertz CT molecular complexity index is 579. The number of hydrogen-bond donors (Lipinski definition) is 1. The molecule has 0 atom stereocenters. The molecule has 1 aromatic carbocycles. The fraction of sp³-hybridized carbons (Fsp3) is 0.533. The van der Waals surface area contributed by atoms with Gasteiger partial charge < -0.3 is 10.5 Å². The molecule has 0 spiro atoms. The summed E-state index contributed by atoms with van der Waals surface area (Å²) >= 11 is 0. The number of ether oxygens (including phenoxy) is 1. The van der Waals surface area contributed by atoms with Crippen LogP contribution in [0, 0.1) is 12.8 Å². The number of hydrogen-bond acceptors (Lipinski definition) is 5. The van der Waals surface area contributed by atoms with E-state index in [1.54, 1.807) is 4.68 Å². The molecule has 21 heavy (non-hydrogen) atoms. The van der Waals surface area contributed by atoms with Gasteiger partial charge in [-0.05, 0) is 41.3 Å². The Labute approximate surface area is 125 Å². The molecule has 0 saturated carbocycles. The number of anilines is 1. The topological polar surface area (TPSA) is 78.9 Å². The minimum atomic E-state index is 0.603. The van der Waals surface area contributed by atoms with Crippen molar-refractivity contribution in [1.29, 1.82) is 0 Å². The van der Waals surface area contributed by atoms with E-state index in [1.807, 2.05) is 25.1 Å². The van der Waals surface area contributed by atoms with Crippen LogP contribution >= 0.6 is 0 Å². The van der Waals surface area contributed by atoms with E-state index in [9.17, 15) is 0 Å². The van der Waals surface area contributed by atoms with Crippen molar-refractivity contribution >= 4 is 5.69 Å². The molecule has 0 bridgehead atoms. The van der Waals surface area contributed by atoms with E-state index in [0.717, 1.165) is 35.7 Å². The molecule has 6 nitrogen and oxygen atoms in total. The zero-order valence-electron chi connectivity index (χ0n) is 12.9. The highest BCUT2D eigenvalue weighted by Crippen LogP contribution is 2.24. The molecule has 0 radical (unpaired) electrons. The third-order valence-electron chi connectivity index (χ3n) is 3.44. The minimum Gasteiger partial charge on any atom is -0.398 e. The summed E-state index contributed by atoms with van der Waals surface area (Å²) < 4.78 is 7.38. The van der Waals surface area contributed by atoms with Crippen molar-refractivity contribution in [2.24, 2.45) is 5.92 Å². The lowest BCUT2D eigenvalue weighted by molar-refractivity contribution is 0.114. The summed E-state index contributed by atoms with van der Waals surface area (Å²) in [5.74, 6) is 1.39. The van der Waals surface area contributed by atoms with E-state index in [0.29, 0.717) is 19.1 Å². The molecule has 2 rings (SSSR count). The van der Waals surface area contributed by atoms with Crippen LogP contribution in [0.15, 0.2) is 18.2 Å². The highest BCUT2D eigenvalue weighted by molar-refractivity contribution is 5.67. The van der Waals surface area contributed by atoms with E-state index < -0.39 is 0 Å². The second kappa shape index (κ2) is 7.17. The Balaban J connectivity index is 2.00. The molecule has 0 amide bonds. The summed E-state index contributed by atoms with van der Waals surface area (Å²) in [5.41, 5.74) is 8.64. The summed E-state index contributed by atoms with van der Waals surface area (Å²) in [4.78, 5) is 0. The maximum absolute atomic E-state index is 5.94. The van der Waals surface area contributed by atoms with Crippen molar-refractivity contribution in [2.45, 2.75) is 33.7 Å². The summed E-state index contributed by atoms with van der Waals surface area (Å²) in [6.45, 7) is 8.35. The number of aromatic nitrogens is 4. The molecular formula is C15H23N5O. The standard InChI is InChI=1S/C15H23N5O/c1-11(2)7-9-21-10-8-20-15(17-18-19-20)13-5-4-6-14(16)12(13)3/h4-6,11H,7-10,16H2,1-3H3. The van der Waals surface area contributed by atoms with Gasteiger partial charge in [-0.2, -0.15) is 0 Å². The van der Waals surface area contributed by atoms with Crippen molar-refractivity contribution in [3.05, 3.63) is 23.8 Å². The van der Waals surface area contributed by atoms with Crippen LogP contribution in [0.2, 0.25) is 0 Å². The van der Waals surface area contributed by atoms with Gasteiger partial charge in [0.2, 0.25) is 0 Å². The quantitative estimate of drug-likeness (QED) is 0.625. The lowest BCUT2D eigenvalue weighted by Gasteiger charge is -2.09. The van der Waals surface area contributed by atoms with Crippen LogP contribution in [0.25, 0.3) is 11.4 Å². The second-order valence-electron chi connectivity index (χ2n) is 5.54. The second-order valence-corrected chi connectivity index (χ2v) is 5.54. The monoisotopic (exact) mass is 289 g/mol. The zero-order valence-corrected chi connectivity index (χ0v) is 12.9. The van der Waals surface area contributed by atoms with Gasteiger partial charge in [0.15, 0.2) is 5.82 Å². The maximum atomic E-state index is 5.94. The summed E-state index contributed by atoms with van der Waals surface area (Å²) in [7, 11) is 0. The molecule has 114 valence electrons. The molecule has 6 heteroatoms. The molecule has 0 aliphatic heterocycles.